The molecule has 9 heteroatoms. The summed E-state index contributed by atoms with van der Waals surface area (Å²) in [4.78, 5) is 25.1. The minimum atomic E-state index is -3.25. The van der Waals surface area contributed by atoms with Crippen molar-refractivity contribution >= 4 is 26.7 Å². The molecule has 2 heterocycles. The largest absolute Gasteiger partial charge is 0.497 e. The second-order valence-corrected chi connectivity index (χ2v) is 9.30. The van der Waals surface area contributed by atoms with Gasteiger partial charge in [0.05, 0.1) is 29.9 Å². The van der Waals surface area contributed by atoms with E-state index in [2.05, 4.69) is 5.32 Å². The number of hydrogen-bond acceptors (Lipinski definition) is 7. The van der Waals surface area contributed by atoms with Gasteiger partial charge in [0.2, 0.25) is 5.43 Å². The fourth-order valence-corrected chi connectivity index (χ4v) is 4.77. The minimum Gasteiger partial charge on any atom is -0.497 e. The molecule has 4 rings (SSSR count). The number of fused-ring (bicyclic) bond motifs is 1. The zero-order chi connectivity index (χ0) is 22.9. The van der Waals surface area contributed by atoms with Gasteiger partial charge in [0.25, 0.3) is 5.91 Å². The van der Waals surface area contributed by atoms with Crippen molar-refractivity contribution in [1.82, 2.24) is 5.32 Å². The van der Waals surface area contributed by atoms with E-state index in [-0.39, 0.29) is 17.8 Å². The lowest BCUT2D eigenvalue weighted by Gasteiger charge is -2.12. The molecule has 0 unspecified atom stereocenters. The summed E-state index contributed by atoms with van der Waals surface area (Å²) in [5.41, 5.74) is 1.35. The van der Waals surface area contributed by atoms with Crippen molar-refractivity contribution in [3.8, 4) is 22.6 Å². The number of carbonyl (C=O) groups excluding carboxylic acids is 1. The predicted molar refractivity (Wildman–Crippen MR) is 120 cm³/mol. The molecule has 3 aromatic rings. The molecule has 0 saturated carbocycles. The predicted octanol–water partition coefficient (Wildman–Crippen LogP) is 2.58. The first-order valence-electron chi connectivity index (χ1n) is 9.81. The Bertz CT molecular complexity index is 1370. The second kappa shape index (κ2) is 8.51. The molecule has 8 nitrogen and oxygen atoms in total. The molecule has 0 radical (unpaired) electrons. The SMILES string of the molecule is COc1ccc(-c2c(C)oc3cc(OCC(=O)N[C@@H]4C=CS(=O)(=O)C4)ccc3c2=O)cc1. The van der Waals surface area contributed by atoms with Crippen molar-refractivity contribution in [3.05, 3.63) is 69.9 Å². The van der Waals surface area contributed by atoms with E-state index in [0.29, 0.717) is 33.8 Å². The van der Waals surface area contributed by atoms with Crippen LogP contribution in [0.4, 0.5) is 0 Å². The lowest BCUT2D eigenvalue weighted by atomic mass is 10.0. The fourth-order valence-electron chi connectivity index (χ4n) is 3.53. The molecule has 2 aromatic carbocycles. The quantitative estimate of drug-likeness (QED) is 0.608. The van der Waals surface area contributed by atoms with Crippen LogP contribution in [0.2, 0.25) is 0 Å². The Morgan fingerprint density at radius 2 is 1.88 bits per heavy atom. The number of carbonyl (C=O) groups is 1. The van der Waals surface area contributed by atoms with Gasteiger partial charge in [0.1, 0.15) is 22.8 Å². The first-order chi connectivity index (χ1) is 15.3. The van der Waals surface area contributed by atoms with E-state index in [1.54, 1.807) is 56.5 Å². The Labute approximate surface area is 184 Å². The monoisotopic (exact) mass is 455 g/mol. The van der Waals surface area contributed by atoms with E-state index in [0.717, 1.165) is 11.0 Å². The molecule has 1 amide bonds. The van der Waals surface area contributed by atoms with Gasteiger partial charge in [-0.1, -0.05) is 12.1 Å². The molecule has 1 aliphatic rings. The third kappa shape index (κ3) is 4.52. The van der Waals surface area contributed by atoms with Crippen LogP contribution in [0, 0.1) is 6.92 Å². The molecular formula is C23H21NO7S. The van der Waals surface area contributed by atoms with Gasteiger partial charge in [-0.3, -0.25) is 9.59 Å². The van der Waals surface area contributed by atoms with Crippen molar-refractivity contribution in [3.63, 3.8) is 0 Å². The number of methoxy groups -OCH3 is 1. The normalized spacial score (nSPS) is 16.8. The summed E-state index contributed by atoms with van der Waals surface area (Å²) in [6.07, 6.45) is 1.43. The van der Waals surface area contributed by atoms with Crippen LogP contribution in [-0.2, 0) is 14.6 Å². The summed E-state index contributed by atoms with van der Waals surface area (Å²) in [6.45, 7) is 1.41. The number of aryl methyl sites for hydroxylation is 1. The molecule has 1 aliphatic heterocycles. The van der Waals surface area contributed by atoms with Crippen molar-refractivity contribution in [2.24, 2.45) is 0 Å². The van der Waals surface area contributed by atoms with E-state index < -0.39 is 21.8 Å². The van der Waals surface area contributed by atoms with Crippen molar-refractivity contribution in [2.45, 2.75) is 13.0 Å². The summed E-state index contributed by atoms with van der Waals surface area (Å²) in [5.74, 6) is 0.881. The van der Waals surface area contributed by atoms with Gasteiger partial charge in [0.15, 0.2) is 16.4 Å². The van der Waals surface area contributed by atoms with Crippen molar-refractivity contribution in [2.75, 3.05) is 19.5 Å². The lowest BCUT2D eigenvalue weighted by Crippen LogP contribution is -2.38. The van der Waals surface area contributed by atoms with Gasteiger partial charge in [-0.05, 0) is 42.8 Å². The van der Waals surface area contributed by atoms with Gasteiger partial charge >= 0.3 is 0 Å². The van der Waals surface area contributed by atoms with E-state index in [1.165, 1.54) is 6.08 Å². The van der Waals surface area contributed by atoms with Crippen LogP contribution in [0.3, 0.4) is 0 Å². The smallest absolute Gasteiger partial charge is 0.258 e. The maximum atomic E-state index is 13.1. The zero-order valence-corrected chi connectivity index (χ0v) is 18.3. The lowest BCUT2D eigenvalue weighted by molar-refractivity contribution is -0.123. The molecule has 1 aromatic heterocycles. The summed E-state index contributed by atoms with van der Waals surface area (Å²) in [6, 6.07) is 11.3. The molecule has 1 N–H and O–H groups in total. The maximum Gasteiger partial charge on any atom is 0.258 e. The van der Waals surface area contributed by atoms with Crippen LogP contribution < -0.4 is 20.2 Å². The van der Waals surface area contributed by atoms with E-state index in [1.807, 2.05) is 0 Å². The molecule has 0 fully saturated rings. The highest BCUT2D eigenvalue weighted by Crippen LogP contribution is 2.27. The van der Waals surface area contributed by atoms with Gasteiger partial charge in [0, 0.05) is 11.5 Å². The molecule has 0 saturated heterocycles. The number of sulfone groups is 1. The molecule has 1 atom stereocenters. The summed E-state index contributed by atoms with van der Waals surface area (Å²) in [7, 11) is -1.68. The van der Waals surface area contributed by atoms with E-state index in [9.17, 15) is 18.0 Å². The highest BCUT2D eigenvalue weighted by Gasteiger charge is 2.23. The van der Waals surface area contributed by atoms with Gasteiger partial charge in [-0.2, -0.15) is 0 Å². The molecule has 0 bridgehead atoms. The van der Waals surface area contributed by atoms with Crippen molar-refractivity contribution in [1.29, 1.82) is 0 Å². The number of hydrogen-bond donors (Lipinski definition) is 1. The molecule has 166 valence electrons. The number of benzene rings is 2. The van der Waals surface area contributed by atoms with E-state index in [4.69, 9.17) is 13.9 Å². The Morgan fingerprint density at radius 1 is 1.16 bits per heavy atom. The van der Waals surface area contributed by atoms with Crippen LogP contribution in [-0.4, -0.2) is 39.8 Å². The summed E-state index contributed by atoms with van der Waals surface area (Å²) in [5, 5.41) is 4.06. The molecule has 0 spiro atoms. The van der Waals surface area contributed by atoms with Gasteiger partial charge < -0.3 is 19.2 Å². The van der Waals surface area contributed by atoms with Crippen LogP contribution in [0.1, 0.15) is 5.76 Å². The number of amides is 1. The maximum absolute atomic E-state index is 13.1. The average Bonchev–Trinajstić information content (AvgIpc) is 3.10. The third-order valence-corrected chi connectivity index (χ3v) is 6.46. The Balaban J connectivity index is 1.51. The highest BCUT2D eigenvalue weighted by molar-refractivity contribution is 7.94. The molecule has 0 aliphatic carbocycles. The van der Waals surface area contributed by atoms with Crippen LogP contribution in [0.5, 0.6) is 11.5 Å². The van der Waals surface area contributed by atoms with Crippen molar-refractivity contribution < 1.29 is 27.1 Å². The van der Waals surface area contributed by atoms with Gasteiger partial charge in [-0.15, -0.1) is 0 Å². The first-order valence-corrected chi connectivity index (χ1v) is 11.5. The average molecular weight is 455 g/mol. The number of rotatable bonds is 6. The second-order valence-electron chi connectivity index (χ2n) is 7.37. The van der Waals surface area contributed by atoms with Crippen LogP contribution in [0.15, 0.2) is 63.2 Å². The van der Waals surface area contributed by atoms with E-state index >= 15 is 0 Å². The fraction of sp³-hybridized carbons (Fsp3) is 0.217. The van der Waals surface area contributed by atoms with Gasteiger partial charge in [-0.25, -0.2) is 8.42 Å². The zero-order valence-electron chi connectivity index (χ0n) is 17.5. The Hall–Kier alpha value is -3.59. The Morgan fingerprint density at radius 3 is 2.53 bits per heavy atom. The standard InChI is InChI=1S/C23H21NO7S/c1-14-22(15-3-5-17(29-2)6-4-15)23(26)19-8-7-18(11-20(19)31-14)30-12-21(25)24-16-9-10-32(27,28)13-16/h3-11,16H,12-13H2,1-2H3,(H,24,25)/t16-/m1/s1. The van der Waals surface area contributed by atoms with Crippen LogP contribution >= 0.6 is 0 Å². The topological polar surface area (TPSA) is 112 Å². The minimum absolute atomic E-state index is 0.157. The number of nitrogens with one attached hydrogen (secondary N) is 1. The summed E-state index contributed by atoms with van der Waals surface area (Å²) >= 11 is 0. The Kier molecular flexibility index (Phi) is 5.75. The third-order valence-electron chi connectivity index (χ3n) is 5.06. The molecular weight excluding hydrogens is 434 g/mol. The highest BCUT2D eigenvalue weighted by atomic mass is 32.2. The number of ether oxygens (including phenoxy) is 2. The summed E-state index contributed by atoms with van der Waals surface area (Å²) < 4.78 is 39.4. The van der Waals surface area contributed by atoms with Crippen LogP contribution in [0.25, 0.3) is 22.1 Å². The molecule has 32 heavy (non-hydrogen) atoms. The first kappa shape index (κ1) is 21.6.